The van der Waals surface area contributed by atoms with Crippen molar-refractivity contribution in [3.8, 4) is 0 Å². The monoisotopic (exact) mass is 187 g/mol. The lowest BCUT2D eigenvalue weighted by Crippen LogP contribution is -2.46. The predicted molar refractivity (Wildman–Crippen MR) is 32.6 cm³/mol. The van der Waals surface area contributed by atoms with Crippen molar-refractivity contribution in [3.05, 3.63) is 0 Å². The normalized spacial score (nSPS) is 17.3. The number of aliphatic hydroxyl groups is 1. The Labute approximate surface area is 66.0 Å². The SMILES string of the molecule is O=C(O)C(F)(F)F.OC1CNC1. The van der Waals surface area contributed by atoms with E-state index in [0.29, 0.717) is 0 Å². The summed E-state index contributed by atoms with van der Waals surface area (Å²) in [6.07, 6.45) is -5.13. The molecule has 1 rings (SSSR count). The van der Waals surface area contributed by atoms with E-state index in [1.807, 2.05) is 0 Å². The van der Waals surface area contributed by atoms with Gasteiger partial charge in [-0.25, -0.2) is 4.79 Å². The van der Waals surface area contributed by atoms with Crippen molar-refractivity contribution in [2.45, 2.75) is 12.3 Å². The summed E-state index contributed by atoms with van der Waals surface area (Å²) >= 11 is 0. The second-order valence-electron chi connectivity index (χ2n) is 2.11. The molecule has 72 valence electrons. The highest BCUT2D eigenvalue weighted by molar-refractivity contribution is 5.73. The fraction of sp³-hybridized carbons (Fsp3) is 0.800. The summed E-state index contributed by atoms with van der Waals surface area (Å²) in [5.74, 6) is -2.76. The molecule has 0 aliphatic carbocycles. The minimum Gasteiger partial charge on any atom is -0.475 e. The van der Waals surface area contributed by atoms with Gasteiger partial charge in [0.15, 0.2) is 0 Å². The number of nitrogens with one attached hydrogen (secondary N) is 1. The molecule has 1 aliphatic heterocycles. The van der Waals surface area contributed by atoms with Gasteiger partial charge in [0.2, 0.25) is 0 Å². The summed E-state index contributed by atoms with van der Waals surface area (Å²) in [6.45, 7) is 1.58. The van der Waals surface area contributed by atoms with E-state index >= 15 is 0 Å². The number of halogens is 3. The van der Waals surface area contributed by atoms with Gasteiger partial charge in [-0.15, -0.1) is 0 Å². The zero-order chi connectivity index (χ0) is 9.78. The van der Waals surface area contributed by atoms with Crippen LogP contribution in [-0.4, -0.2) is 41.6 Å². The Bertz CT molecular complexity index is 155. The van der Waals surface area contributed by atoms with Crippen LogP contribution < -0.4 is 5.32 Å². The van der Waals surface area contributed by atoms with Gasteiger partial charge >= 0.3 is 12.1 Å². The molecule has 0 saturated carbocycles. The summed E-state index contributed by atoms with van der Waals surface area (Å²) in [7, 11) is 0. The van der Waals surface area contributed by atoms with Crippen LogP contribution in [0.3, 0.4) is 0 Å². The number of aliphatic hydroxyl groups excluding tert-OH is 1. The number of carboxylic acid groups (broad SMARTS) is 1. The highest BCUT2D eigenvalue weighted by Crippen LogP contribution is 2.13. The predicted octanol–water partition coefficient (Wildman–Crippen LogP) is -0.416. The fourth-order valence-corrected chi connectivity index (χ4v) is 0.273. The van der Waals surface area contributed by atoms with E-state index < -0.39 is 12.1 Å². The van der Waals surface area contributed by atoms with Crippen LogP contribution in [0, 0.1) is 0 Å². The van der Waals surface area contributed by atoms with Gasteiger partial charge in [0.25, 0.3) is 0 Å². The van der Waals surface area contributed by atoms with Crippen molar-refractivity contribution >= 4 is 5.97 Å². The number of hydrogen-bond acceptors (Lipinski definition) is 3. The Balaban J connectivity index is 0.000000211. The van der Waals surface area contributed by atoms with Crippen LogP contribution in [0.1, 0.15) is 0 Å². The molecule has 0 amide bonds. The number of β-amino-alcohol motifs (C(OH)–C–C–N with tert-alkyl or cyclic N) is 1. The second kappa shape index (κ2) is 4.27. The Morgan fingerprint density at radius 1 is 1.42 bits per heavy atom. The van der Waals surface area contributed by atoms with E-state index in [0.717, 1.165) is 13.1 Å². The summed E-state index contributed by atoms with van der Waals surface area (Å²) in [6, 6.07) is 0. The number of hydrogen-bond donors (Lipinski definition) is 3. The lowest BCUT2D eigenvalue weighted by Gasteiger charge is -2.20. The number of alkyl halides is 3. The van der Waals surface area contributed by atoms with Crippen molar-refractivity contribution in [2.75, 3.05) is 13.1 Å². The maximum absolute atomic E-state index is 10.6. The lowest BCUT2D eigenvalue weighted by atomic mass is 10.2. The first-order valence-electron chi connectivity index (χ1n) is 3.03. The maximum Gasteiger partial charge on any atom is 0.490 e. The van der Waals surface area contributed by atoms with E-state index in [9.17, 15) is 13.2 Å². The first-order valence-corrected chi connectivity index (χ1v) is 3.03. The van der Waals surface area contributed by atoms with Crippen LogP contribution in [0.4, 0.5) is 13.2 Å². The molecule has 0 unspecified atom stereocenters. The van der Waals surface area contributed by atoms with Crippen molar-refractivity contribution in [1.82, 2.24) is 5.32 Å². The Hall–Kier alpha value is -0.820. The molecule has 0 radical (unpaired) electrons. The van der Waals surface area contributed by atoms with E-state index in [1.54, 1.807) is 0 Å². The number of aliphatic carboxylic acids is 1. The highest BCUT2D eigenvalue weighted by atomic mass is 19.4. The minimum absolute atomic E-state index is 0.0463. The van der Waals surface area contributed by atoms with Gasteiger partial charge in [-0.05, 0) is 0 Å². The third-order valence-electron chi connectivity index (χ3n) is 1.00. The molecule has 1 aliphatic rings. The average Bonchev–Trinajstić information content (AvgIpc) is 1.83. The lowest BCUT2D eigenvalue weighted by molar-refractivity contribution is -0.192. The molecule has 0 atom stereocenters. The highest BCUT2D eigenvalue weighted by Gasteiger charge is 2.38. The van der Waals surface area contributed by atoms with Crippen molar-refractivity contribution in [2.24, 2.45) is 0 Å². The first-order chi connectivity index (χ1) is 5.34. The fourth-order valence-electron chi connectivity index (χ4n) is 0.273. The second-order valence-corrected chi connectivity index (χ2v) is 2.11. The van der Waals surface area contributed by atoms with Crippen LogP contribution in [0.2, 0.25) is 0 Å². The van der Waals surface area contributed by atoms with Gasteiger partial charge < -0.3 is 15.5 Å². The molecule has 3 N–H and O–H groups in total. The summed E-state index contributed by atoms with van der Waals surface area (Å²) in [5.41, 5.74) is 0. The van der Waals surface area contributed by atoms with Crippen LogP contribution in [0.5, 0.6) is 0 Å². The Kier molecular flexibility index (Phi) is 3.98. The van der Waals surface area contributed by atoms with Crippen LogP contribution in [0.15, 0.2) is 0 Å². The van der Waals surface area contributed by atoms with E-state index in [4.69, 9.17) is 15.0 Å². The molecule has 0 aromatic heterocycles. The third kappa shape index (κ3) is 4.91. The quantitative estimate of drug-likeness (QED) is 0.482. The van der Waals surface area contributed by atoms with E-state index in [-0.39, 0.29) is 6.10 Å². The van der Waals surface area contributed by atoms with Crippen molar-refractivity contribution in [1.29, 1.82) is 0 Å². The molecule has 1 saturated heterocycles. The largest absolute Gasteiger partial charge is 0.490 e. The van der Waals surface area contributed by atoms with Gasteiger partial charge in [-0.1, -0.05) is 0 Å². The smallest absolute Gasteiger partial charge is 0.475 e. The molecule has 12 heavy (non-hydrogen) atoms. The maximum atomic E-state index is 10.6. The molecular weight excluding hydrogens is 179 g/mol. The molecule has 0 aromatic rings. The molecule has 7 heteroatoms. The van der Waals surface area contributed by atoms with E-state index in [1.165, 1.54) is 0 Å². The summed E-state index contributed by atoms with van der Waals surface area (Å²) < 4.78 is 31.7. The van der Waals surface area contributed by atoms with Gasteiger partial charge in [0.05, 0.1) is 6.10 Å². The van der Waals surface area contributed by atoms with Crippen molar-refractivity contribution in [3.63, 3.8) is 0 Å². The topological polar surface area (TPSA) is 69.6 Å². The number of carbonyl (C=O) groups is 1. The molecule has 1 heterocycles. The van der Waals surface area contributed by atoms with Gasteiger partial charge in [-0.3, -0.25) is 0 Å². The van der Waals surface area contributed by atoms with E-state index in [2.05, 4.69) is 5.32 Å². The van der Waals surface area contributed by atoms with Gasteiger partial charge in [0.1, 0.15) is 0 Å². The Morgan fingerprint density at radius 2 is 1.67 bits per heavy atom. The third-order valence-corrected chi connectivity index (χ3v) is 1.00. The van der Waals surface area contributed by atoms with Gasteiger partial charge in [0, 0.05) is 13.1 Å². The van der Waals surface area contributed by atoms with Crippen LogP contribution in [0.25, 0.3) is 0 Å². The zero-order valence-electron chi connectivity index (χ0n) is 5.93. The molecule has 0 bridgehead atoms. The first kappa shape index (κ1) is 11.2. The number of carboxylic acids is 1. The molecular formula is C5H8F3NO3. The van der Waals surface area contributed by atoms with Gasteiger partial charge in [-0.2, -0.15) is 13.2 Å². The molecule has 1 fully saturated rings. The standard InChI is InChI=1S/C3H7NO.C2HF3O2/c5-3-1-4-2-3;3-2(4,5)1(6)7/h3-5H,1-2H2;(H,6,7). The summed E-state index contributed by atoms with van der Waals surface area (Å²) in [4.78, 5) is 8.90. The molecule has 0 aromatic carbocycles. The zero-order valence-corrected chi connectivity index (χ0v) is 5.93. The summed E-state index contributed by atoms with van der Waals surface area (Å²) in [5, 5.41) is 18.4. The van der Waals surface area contributed by atoms with Crippen LogP contribution >= 0.6 is 0 Å². The average molecular weight is 187 g/mol. The minimum atomic E-state index is -5.08. The Morgan fingerprint density at radius 3 is 1.67 bits per heavy atom. The number of rotatable bonds is 0. The van der Waals surface area contributed by atoms with Crippen LogP contribution in [-0.2, 0) is 4.79 Å². The molecule has 4 nitrogen and oxygen atoms in total. The molecule has 0 spiro atoms. The van der Waals surface area contributed by atoms with Crippen molar-refractivity contribution < 1.29 is 28.2 Å².